The summed E-state index contributed by atoms with van der Waals surface area (Å²) >= 11 is 0. The lowest BCUT2D eigenvalue weighted by Gasteiger charge is -2.20. The standard InChI is InChI=1S/C13H24N2O3S/c1-3-11-4-7-15(8-11)12(16)14-9-13(5-6-13)10-19(2,17)18/h11H,3-10H2,1-2H3,(H,14,16). The summed E-state index contributed by atoms with van der Waals surface area (Å²) in [7, 11) is -2.96. The Morgan fingerprint density at radius 2 is 2.11 bits per heavy atom. The van der Waals surface area contributed by atoms with Gasteiger partial charge in [0, 0.05) is 31.3 Å². The normalized spacial score (nSPS) is 25.4. The molecule has 1 saturated heterocycles. The number of hydrogen-bond donors (Lipinski definition) is 1. The lowest BCUT2D eigenvalue weighted by molar-refractivity contribution is 0.204. The summed E-state index contributed by atoms with van der Waals surface area (Å²) in [6.07, 6.45) is 5.26. The molecule has 1 saturated carbocycles. The molecule has 2 fully saturated rings. The van der Waals surface area contributed by atoms with Crippen molar-refractivity contribution >= 4 is 15.9 Å². The van der Waals surface area contributed by atoms with E-state index in [1.54, 1.807) is 0 Å². The summed E-state index contributed by atoms with van der Waals surface area (Å²) < 4.78 is 22.7. The van der Waals surface area contributed by atoms with E-state index in [1.807, 2.05) is 4.90 Å². The van der Waals surface area contributed by atoms with Crippen molar-refractivity contribution in [3.05, 3.63) is 0 Å². The topological polar surface area (TPSA) is 66.5 Å². The van der Waals surface area contributed by atoms with Crippen LogP contribution in [0.1, 0.15) is 32.6 Å². The molecule has 0 aromatic carbocycles. The highest BCUT2D eigenvalue weighted by Crippen LogP contribution is 2.46. The third-order valence-electron chi connectivity index (χ3n) is 4.29. The third kappa shape index (κ3) is 4.09. The van der Waals surface area contributed by atoms with Gasteiger partial charge in [-0.15, -0.1) is 0 Å². The third-order valence-corrected chi connectivity index (χ3v) is 5.43. The zero-order valence-electron chi connectivity index (χ0n) is 11.8. The van der Waals surface area contributed by atoms with Crippen molar-refractivity contribution in [2.75, 3.05) is 31.6 Å². The molecule has 0 aromatic heterocycles. The number of carbonyl (C=O) groups excluding carboxylic acids is 1. The number of carbonyl (C=O) groups is 1. The average Bonchev–Trinajstić information content (AvgIpc) is 2.90. The predicted molar refractivity (Wildman–Crippen MR) is 74.7 cm³/mol. The smallest absolute Gasteiger partial charge is 0.317 e. The van der Waals surface area contributed by atoms with E-state index in [9.17, 15) is 13.2 Å². The Morgan fingerprint density at radius 1 is 1.42 bits per heavy atom. The van der Waals surface area contributed by atoms with Crippen molar-refractivity contribution in [3.8, 4) is 0 Å². The Kier molecular flexibility index (Phi) is 4.08. The molecule has 2 rings (SSSR count). The molecular formula is C13H24N2O3S. The molecule has 1 heterocycles. The SMILES string of the molecule is CCC1CCN(C(=O)NCC2(CS(C)(=O)=O)CC2)C1. The minimum Gasteiger partial charge on any atom is -0.337 e. The van der Waals surface area contributed by atoms with Crippen molar-refractivity contribution in [1.29, 1.82) is 0 Å². The van der Waals surface area contributed by atoms with Crippen molar-refractivity contribution in [1.82, 2.24) is 10.2 Å². The van der Waals surface area contributed by atoms with Gasteiger partial charge in [-0.25, -0.2) is 13.2 Å². The van der Waals surface area contributed by atoms with E-state index in [4.69, 9.17) is 0 Å². The summed E-state index contributed by atoms with van der Waals surface area (Å²) in [6.45, 7) is 4.30. The van der Waals surface area contributed by atoms with Crippen LogP contribution in [0.5, 0.6) is 0 Å². The van der Waals surface area contributed by atoms with Gasteiger partial charge in [-0.1, -0.05) is 13.3 Å². The van der Waals surface area contributed by atoms with E-state index in [-0.39, 0.29) is 17.2 Å². The number of sulfone groups is 1. The van der Waals surface area contributed by atoms with Gasteiger partial charge < -0.3 is 10.2 Å². The molecule has 1 atom stereocenters. The first-order chi connectivity index (χ1) is 8.84. The first-order valence-corrected chi connectivity index (χ1v) is 9.10. The molecule has 6 heteroatoms. The van der Waals surface area contributed by atoms with Crippen LogP contribution in [0.2, 0.25) is 0 Å². The Hall–Kier alpha value is -0.780. The molecule has 5 nitrogen and oxygen atoms in total. The quantitative estimate of drug-likeness (QED) is 0.828. The van der Waals surface area contributed by atoms with E-state index in [0.717, 1.165) is 38.8 Å². The van der Waals surface area contributed by atoms with Crippen LogP contribution >= 0.6 is 0 Å². The van der Waals surface area contributed by atoms with Crippen LogP contribution in [0.4, 0.5) is 4.79 Å². The van der Waals surface area contributed by atoms with Crippen LogP contribution in [-0.2, 0) is 9.84 Å². The number of likely N-dealkylation sites (tertiary alicyclic amines) is 1. The molecule has 19 heavy (non-hydrogen) atoms. The highest BCUT2D eigenvalue weighted by atomic mass is 32.2. The number of rotatable bonds is 5. The summed E-state index contributed by atoms with van der Waals surface area (Å²) in [5, 5.41) is 2.92. The molecule has 0 bridgehead atoms. The van der Waals surface area contributed by atoms with Crippen molar-refractivity contribution < 1.29 is 13.2 Å². The van der Waals surface area contributed by atoms with Crippen molar-refractivity contribution in [2.45, 2.75) is 32.6 Å². The Morgan fingerprint density at radius 3 is 2.58 bits per heavy atom. The second-order valence-electron chi connectivity index (χ2n) is 6.24. The van der Waals surface area contributed by atoms with Gasteiger partial charge in [-0.3, -0.25) is 0 Å². The molecule has 2 amide bonds. The fourth-order valence-corrected chi connectivity index (χ4v) is 4.33. The first kappa shape index (κ1) is 14.6. The number of nitrogens with zero attached hydrogens (tertiary/aromatic N) is 1. The molecule has 1 unspecified atom stereocenters. The van der Waals surface area contributed by atoms with E-state index in [2.05, 4.69) is 12.2 Å². The van der Waals surface area contributed by atoms with E-state index in [0.29, 0.717) is 12.5 Å². The van der Waals surface area contributed by atoms with Gasteiger partial charge in [0.1, 0.15) is 9.84 Å². The van der Waals surface area contributed by atoms with Gasteiger partial charge in [0.25, 0.3) is 0 Å². The second-order valence-corrected chi connectivity index (χ2v) is 8.38. The molecular weight excluding hydrogens is 264 g/mol. The summed E-state index contributed by atoms with van der Waals surface area (Å²) in [4.78, 5) is 13.9. The van der Waals surface area contributed by atoms with Crippen LogP contribution in [-0.4, -0.2) is 51.0 Å². The number of amides is 2. The lowest BCUT2D eigenvalue weighted by Crippen LogP contribution is -2.42. The van der Waals surface area contributed by atoms with E-state index >= 15 is 0 Å². The maximum absolute atomic E-state index is 12.0. The maximum Gasteiger partial charge on any atom is 0.317 e. The van der Waals surface area contributed by atoms with E-state index < -0.39 is 9.84 Å². The van der Waals surface area contributed by atoms with Gasteiger partial charge in [0.05, 0.1) is 5.75 Å². The highest BCUT2D eigenvalue weighted by Gasteiger charge is 2.45. The molecule has 0 radical (unpaired) electrons. The Labute approximate surface area is 115 Å². The minimum absolute atomic E-state index is 0.0317. The van der Waals surface area contributed by atoms with Crippen LogP contribution in [0.15, 0.2) is 0 Å². The fraction of sp³-hybridized carbons (Fsp3) is 0.923. The zero-order valence-corrected chi connectivity index (χ0v) is 12.6. The van der Waals surface area contributed by atoms with Gasteiger partial charge >= 0.3 is 6.03 Å². The number of hydrogen-bond acceptors (Lipinski definition) is 3. The Bertz CT molecular complexity index is 443. The van der Waals surface area contributed by atoms with Crippen LogP contribution < -0.4 is 5.32 Å². The predicted octanol–water partition coefficient (Wildman–Crippen LogP) is 1.25. The lowest BCUT2D eigenvalue weighted by atomic mass is 10.1. The maximum atomic E-state index is 12.0. The monoisotopic (exact) mass is 288 g/mol. The van der Waals surface area contributed by atoms with Crippen molar-refractivity contribution in [2.24, 2.45) is 11.3 Å². The molecule has 1 aliphatic carbocycles. The first-order valence-electron chi connectivity index (χ1n) is 7.04. The molecule has 0 spiro atoms. The van der Waals surface area contributed by atoms with Crippen LogP contribution in [0, 0.1) is 11.3 Å². The number of urea groups is 1. The second kappa shape index (κ2) is 5.31. The van der Waals surface area contributed by atoms with Crippen molar-refractivity contribution in [3.63, 3.8) is 0 Å². The minimum atomic E-state index is -2.96. The average molecular weight is 288 g/mol. The zero-order chi connectivity index (χ0) is 14.1. The summed E-state index contributed by atoms with van der Waals surface area (Å²) in [6, 6.07) is -0.0317. The van der Waals surface area contributed by atoms with E-state index in [1.165, 1.54) is 6.26 Å². The highest BCUT2D eigenvalue weighted by molar-refractivity contribution is 7.90. The van der Waals surface area contributed by atoms with Gasteiger partial charge in [-0.05, 0) is 25.2 Å². The molecule has 110 valence electrons. The molecule has 2 aliphatic rings. The molecule has 1 aliphatic heterocycles. The fourth-order valence-electron chi connectivity index (χ4n) is 2.83. The largest absolute Gasteiger partial charge is 0.337 e. The van der Waals surface area contributed by atoms with Crippen LogP contribution in [0.3, 0.4) is 0 Å². The summed E-state index contributed by atoms with van der Waals surface area (Å²) in [5.74, 6) is 0.814. The van der Waals surface area contributed by atoms with Gasteiger partial charge in [0.15, 0.2) is 0 Å². The summed E-state index contributed by atoms with van der Waals surface area (Å²) in [5.41, 5.74) is -0.187. The Balaban J connectivity index is 1.78. The van der Waals surface area contributed by atoms with Gasteiger partial charge in [-0.2, -0.15) is 0 Å². The molecule has 1 N–H and O–H groups in total. The van der Waals surface area contributed by atoms with Gasteiger partial charge in [0.2, 0.25) is 0 Å². The van der Waals surface area contributed by atoms with Crippen LogP contribution in [0.25, 0.3) is 0 Å². The number of nitrogens with one attached hydrogen (secondary N) is 1. The molecule has 0 aromatic rings.